The molecule has 5 heteroatoms. The molecule has 2 heterocycles. The smallest absolute Gasteiger partial charge is 0.309 e. The van der Waals surface area contributed by atoms with Crippen LogP contribution in [0.15, 0.2) is 0 Å². The zero-order valence-corrected chi connectivity index (χ0v) is 11.7. The van der Waals surface area contributed by atoms with Gasteiger partial charge in [0.1, 0.15) is 18.3 Å². The monoisotopic (exact) mass is 272 g/mol. The maximum absolute atomic E-state index is 12.1. The van der Waals surface area contributed by atoms with Gasteiger partial charge in [0.2, 0.25) is 0 Å². The summed E-state index contributed by atoms with van der Waals surface area (Å²) in [6, 6.07) is 0. The highest BCUT2D eigenvalue weighted by atomic mass is 16.6. The van der Waals surface area contributed by atoms with Gasteiger partial charge in [-0.3, -0.25) is 4.79 Å². The standard InChI is InChI=1S/C14H24O5/c1-3-5-6-9(4-2)14(16)19-11-8-18-12-10(15)7-17-13(11)12/h9-13,15H,3-8H2,1-2H3/t9-,10+,11-,12+,13+/m0/s1. The van der Waals surface area contributed by atoms with Crippen molar-refractivity contribution in [3.8, 4) is 0 Å². The third-order valence-corrected chi connectivity index (χ3v) is 3.98. The van der Waals surface area contributed by atoms with Crippen molar-refractivity contribution in [3.05, 3.63) is 0 Å². The molecular formula is C14H24O5. The van der Waals surface area contributed by atoms with E-state index in [4.69, 9.17) is 14.2 Å². The number of aliphatic hydroxyl groups is 1. The fraction of sp³-hybridized carbons (Fsp3) is 0.929. The summed E-state index contributed by atoms with van der Waals surface area (Å²) in [5.41, 5.74) is 0. The summed E-state index contributed by atoms with van der Waals surface area (Å²) in [5, 5.41) is 9.63. The summed E-state index contributed by atoms with van der Waals surface area (Å²) >= 11 is 0. The number of unbranched alkanes of at least 4 members (excludes halogenated alkanes) is 1. The number of carbonyl (C=O) groups is 1. The Kier molecular flexibility index (Phi) is 5.19. The van der Waals surface area contributed by atoms with Gasteiger partial charge in [-0.1, -0.05) is 26.7 Å². The first-order valence-electron chi connectivity index (χ1n) is 7.29. The van der Waals surface area contributed by atoms with Gasteiger partial charge in [0, 0.05) is 0 Å². The van der Waals surface area contributed by atoms with E-state index >= 15 is 0 Å². The first-order chi connectivity index (χ1) is 9.17. The highest BCUT2D eigenvalue weighted by molar-refractivity contribution is 5.72. The molecule has 2 aliphatic rings. The number of hydrogen-bond acceptors (Lipinski definition) is 5. The fourth-order valence-corrected chi connectivity index (χ4v) is 2.73. The highest BCUT2D eigenvalue weighted by Crippen LogP contribution is 2.29. The molecule has 0 aromatic carbocycles. The lowest BCUT2D eigenvalue weighted by molar-refractivity contribution is -0.159. The topological polar surface area (TPSA) is 65.0 Å². The normalized spacial score (nSPS) is 35.1. The van der Waals surface area contributed by atoms with Crippen molar-refractivity contribution in [2.24, 2.45) is 5.92 Å². The summed E-state index contributed by atoms with van der Waals surface area (Å²) in [4.78, 5) is 12.1. The van der Waals surface area contributed by atoms with Crippen molar-refractivity contribution in [2.75, 3.05) is 13.2 Å². The van der Waals surface area contributed by atoms with E-state index in [-0.39, 0.29) is 36.8 Å². The molecule has 0 aliphatic carbocycles. The van der Waals surface area contributed by atoms with Gasteiger partial charge in [0.05, 0.1) is 19.1 Å². The molecule has 0 unspecified atom stereocenters. The number of ether oxygens (including phenoxy) is 3. The number of carbonyl (C=O) groups excluding carboxylic acids is 1. The Labute approximate surface area is 114 Å². The maximum Gasteiger partial charge on any atom is 0.309 e. The van der Waals surface area contributed by atoms with Crippen molar-refractivity contribution in [1.29, 1.82) is 0 Å². The van der Waals surface area contributed by atoms with Crippen LogP contribution in [0.5, 0.6) is 0 Å². The first kappa shape index (κ1) is 14.8. The van der Waals surface area contributed by atoms with E-state index in [1.54, 1.807) is 0 Å². The molecule has 5 nitrogen and oxygen atoms in total. The summed E-state index contributed by atoms with van der Waals surface area (Å²) in [5.74, 6) is -0.194. The molecule has 0 bridgehead atoms. The van der Waals surface area contributed by atoms with Gasteiger partial charge in [-0.2, -0.15) is 0 Å². The summed E-state index contributed by atoms with van der Waals surface area (Å²) in [6.07, 6.45) is 2.17. The summed E-state index contributed by atoms with van der Waals surface area (Å²) < 4.78 is 16.4. The van der Waals surface area contributed by atoms with Crippen LogP contribution in [-0.2, 0) is 19.0 Å². The predicted molar refractivity (Wildman–Crippen MR) is 68.7 cm³/mol. The lowest BCUT2D eigenvalue weighted by atomic mass is 9.99. The minimum Gasteiger partial charge on any atom is -0.457 e. The van der Waals surface area contributed by atoms with Crippen LogP contribution in [0.4, 0.5) is 0 Å². The van der Waals surface area contributed by atoms with Crippen LogP contribution in [0.1, 0.15) is 39.5 Å². The van der Waals surface area contributed by atoms with E-state index in [0.717, 1.165) is 25.7 Å². The van der Waals surface area contributed by atoms with E-state index in [1.165, 1.54) is 0 Å². The second-order valence-corrected chi connectivity index (χ2v) is 5.39. The summed E-state index contributed by atoms with van der Waals surface area (Å²) in [7, 11) is 0. The summed E-state index contributed by atoms with van der Waals surface area (Å²) in [6.45, 7) is 4.70. The Morgan fingerprint density at radius 3 is 2.74 bits per heavy atom. The molecule has 5 atom stereocenters. The molecule has 2 rings (SSSR count). The average molecular weight is 272 g/mol. The van der Waals surface area contributed by atoms with Crippen LogP contribution in [0, 0.1) is 5.92 Å². The van der Waals surface area contributed by atoms with Gasteiger partial charge in [0.25, 0.3) is 0 Å². The van der Waals surface area contributed by atoms with Gasteiger partial charge >= 0.3 is 5.97 Å². The number of fused-ring (bicyclic) bond motifs is 1. The van der Waals surface area contributed by atoms with Crippen LogP contribution in [-0.4, -0.2) is 48.7 Å². The lowest BCUT2D eigenvalue weighted by Gasteiger charge is -2.20. The van der Waals surface area contributed by atoms with Crippen LogP contribution in [0.3, 0.4) is 0 Å². The molecule has 2 aliphatic heterocycles. The average Bonchev–Trinajstić information content (AvgIpc) is 2.95. The van der Waals surface area contributed by atoms with Crippen molar-refractivity contribution < 1.29 is 24.1 Å². The lowest BCUT2D eigenvalue weighted by Crippen LogP contribution is -2.35. The van der Waals surface area contributed by atoms with Gasteiger partial charge < -0.3 is 19.3 Å². The Balaban J connectivity index is 1.85. The molecule has 0 radical (unpaired) electrons. The molecule has 2 fully saturated rings. The molecule has 19 heavy (non-hydrogen) atoms. The third-order valence-electron chi connectivity index (χ3n) is 3.98. The number of rotatable bonds is 6. The van der Waals surface area contributed by atoms with Crippen LogP contribution in [0.2, 0.25) is 0 Å². The van der Waals surface area contributed by atoms with Crippen molar-refractivity contribution in [1.82, 2.24) is 0 Å². The van der Waals surface area contributed by atoms with Gasteiger partial charge in [-0.05, 0) is 12.8 Å². The van der Waals surface area contributed by atoms with Gasteiger partial charge in [0.15, 0.2) is 6.10 Å². The minimum atomic E-state index is -0.601. The fourth-order valence-electron chi connectivity index (χ4n) is 2.73. The third kappa shape index (κ3) is 3.27. The molecule has 0 aromatic heterocycles. The molecular weight excluding hydrogens is 248 g/mol. The SMILES string of the molecule is CCCC[C@H](CC)C(=O)O[C@H]1CO[C@H]2[C@@H]1OC[C@H]2O. The maximum atomic E-state index is 12.1. The van der Waals surface area contributed by atoms with E-state index in [2.05, 4.69) is 6.92 Å². The number of esters is 1. The minimum absolute atomic E-state index is 0.0367. The second-order valence-electron chi connectivity index (χ2n) is 5.39. The molecule has 2 saturated heterocycles. The van der Waals surface area contributed by atoms with Crippen LogP contribution in [0.25, 0.3) is 0 Å². The van der Waals surface area contributed by atoms with E-state index in [9.17, 15) is 9.90 Å². The second kappa shape index (κ2) is 6.68. The first-order valence-corrected chi connectivity index (χ1v) is 7.29. The molecule has 110 valence electrons. The zero-order valence-electron chi connectivity index (χ0n) is 11.7. The molecule has 1 N–H and O–H groups in total. The van der Waals surface area contributed by atoms with Crippen LogP contribution >= 0.6 is 0 Å². The molecule has 0 aromatic rings. The Morgan fingerprint density at radius 2 is 2.05 bits per heavy atom. The molecule has 0 amide bonds. The predicted octanol–water partition coefficient (Wildman–Crippen LogP) is 1.27. The van der Waals surface area contributed by atoms with E-state index in [1.807, 2.05) is 6.92 Å². The van der Waals surface area contributed by atoms with E-state index < -0.39 is 6.10 Å². The largest absolute Gasteiger partial charge is 0.457 e. The molecule has 0 saturated carbocycles. The van der Waals surface area contributed by atoms with Crippen LogP contribution < -0.4 is 0 Å². The van der Waals surface area contributed by atoms with Gasteiger partial charge in [-0.15, -0.1) is 0 Å². The van der Waals surface area contributed by atoms with Crippen molar-refractivity contribution in [3.63, 3.8) is 0 Å². The zero-order chi connectivity index (χ0) is 13.8. The Morgan fingerprint density at radius 1 is 1.32 bits per heavy atom. The highest BCUT2D eigenvalue weighted by Gasteiger charge is 2.49. The Hall–Kier alpha value is -0.650. The van der Waals surface area contributed by atoms with E-state index in [0.29, 0.717) is 6.61 Å². The number of aliphatic hydroxyl groups excluding tert-OH is 1. The number of hydrogen-bond donors (Lipinski definition) is 1. The van der Waals surface area contributed by atoms with Crippen molar-refractivity contribution >= 4 is 5.97 Å². The van der Waals surface area contributed by atoms with Crippen molar-refractivity contribution in [2.45, 2.75) is 63.9 Å². The van der Waals surface area contributed by atoms with Gasteiger partial charge in [-0.25, -0.2) is 0 Å². The Bertz CT molecular complexity index is 306. The quantitative estimate of drug-likeness (QED) is 0.738. The molecule has 0 spiro atoms.